The van der Waals surface area contributed by atoms with Crippen molar-refractivity contribution in [3.05, 3.63) is 64.5 Å². The van der Waals surface area contributed by atoms with Gasteiger partial charge in [0, 0.05) is 10.9 Å². The highest BCUT2D eigenvalue weighted by Gasteiger charge is 2.18. The Morgan fingerprint density at radius 1 is 1.22 bits per heavy atom. The first-order valence-corrected chi connectivity index (χ1v) is 9.83. The van der Waals surface area contributed by atoms with Crippen LogP contribution in [0.2, 0.25) is 0 Å². The Morgan fingerprint density at radius 3 is 2.59 bits per heavy atom. The van der Waals surface area contributed by atoms with Crippen LogP contribution in [0.15, 0.2) is 54.0 Å². The highest BCUT2D eigenvalue weighted by molar-refractivity contribution is 7.09. The number of rotatable bonds is 6. The number of benzene rings is 1. The number of hydrogen-bond donors (Lipinski definition) is 1. The van der Waals surface area contributed by atoms with Gasteiger partial charge >= 0.3 is 0 Å². The fraction of sp³-hybridized carbons (Fsp3) is 0.333. The smallest absolute Gasteiger partial charge is 0.266 e. The number of thiophene rings is 1. The topological polar surface area (TPSA) is 56.1 Å². The van der Waals surface area contributed by atoms with E-state index >= 15 is 0 Å². The van der Waals surface area contributed by atoms with Crippen LogP contribution >= 0.6 is 11.3 Å². The van der Waals surface area contributed by atoms with Gasteiger partial charge in [0.2, 0.25) is 0 Å². The molecule has 0 bridgehead atoms. The third kappa shape index (κ3) is 4.98. The van der Waals surface area contributed by atoms with Crippen LogP contribution < -0.4 is 10.1 Å². The van der Waals surface area contributed by atoms with E-state index in [0.717, 1.165) is 0 Å². The number of hydrogen-bond acceptors (Lipinski definition) is 4. The predicted molar refractivity (Wildman–Crippen MR) is 110 cm³/mol. The summed E-state index contributed by atoms with van der Waals surface area (Å²) in [5.74, 6) is 1.13. The molecule has 0 aliphatic heterocycles. The van der Waals surface area contributed by atoms with Crippen molar-refractivity contribution in [1.82, 2.24) is 9.78 Å². The molecule has 0 aliphatic rings. The van der Waals surface area contributed by atoms with Gasteiger partial charge in [-0.15, -0.1) is 11.3 Å². The minimum Gasteiger partial charge on any atom is -0.481 e. The van der Waals surface area contributed by atoms with E-state index in [2.05, 4.69) is 31.2 Å². The quantitative estimate of drug-likeness (QED) is 0.671. The van der Waals surface area contributed by atoms with Crippen LogP contribution in [0, 0.1) is 0 Å². The molecule has 1 atom stereocenters. The molecule has 0 saturated heterocycles. The second-order valence-corrected chi connectivity index (χ2v) is 8.51. The Labute approximate surface area is 164 Å². The predicted octanol–water partition coefficient (Wildman–Crippen LogP) is 4.70. The number of carbonyl (C=O) groups is 1. The monoisotopic (exact) mass is 383 g/mol. The molecule has 0 radical (unpaired) electrons. The average Bonchev–Trinajstić information content (AvgIpc) is 3.27. The molecule has 1 aromatic carbocycles. The molecule has 0 spiro atoms. The Hall–Kier alpha value is -2.60. The Morgan fingerprint density at radius 2 is 1.96 bits per heavy atom. The zero-order chi connectivity index (χ0) is 19.4. The molecule has 142 valence electrons. The molecule has 6 heteroatoms. The summed E-state index contributed by atoms with van der Waals surface area (Å²) >= 11 is 1.66. The molecule has 0 aliphatic carbocycles. The van der Waals surface area contributed by atoms with Gasteiger partial charge in [-0.2, -0.15) is 5.10 Å². The molecular formula is C21H25N3O2S. The maximum absolute atomic E-state index is 12.5. The maximum atomic E-state index is 12.5. The van der Waals surface area contributed by atoms with Crippen LogP contribution in [-0.4, -0.2) is 21.8 Å². The highest BCUT2D eigenvalue weighted by atomic mass is 32.1. The third-order valence-electron chi connectivity index (χ3n) is 4.26. The highest BCUT2D eigenvalue weighted by Crippen LogP contribution is 2.24. The minimum absolute atomic E-state index is 0.0858. The summed E-state index contributed by atoms with van der Waals surface area (Å²) in [5, 5.41) is 9.21. The van der Waals surface area contributed by atoms with Gasteiger partial charge in [-0.25, -0.2) is 4.68 Å². The summed E-state index contributed by atoms with van der Waals surface area (Å²) in [4.78, 5) is 13.7. The van der Waals surface area contributed by atoms with Crippen molar-refractivity contribution in [1.29, 1.82) is 0 Å². The Kier molecular flexibility index (Phi) is 5.65. The van der Waals surface area contributed by atoms with Crippen LogP contribution in [0.25, 0.3) is 0 Å². The zero-order valence-electron chi connectivity index (χ0n) is 16.1. The lowest BCUT2D eigenvalue weighted by Gasteiger charge is -2.20. The van der Waals surface area contributed by atoms with Gasteiger partial charge in [0.1, 0.15) is 11.6 Å². The molecule has 1 amide bonds. The molecule has 1 unspecified atom stereocenters. The second kappa shape index (κ2) is 7.96. The van der Waals surface area contributed by atoms with E-state index in [0.29, 0.717) is 18.1 Å². The minimum atomic E-state index is -0.615. The van der Waals surface area contributed by atoms with Gasteiger partial charge < -0.3 is 10.1 Å². The molecule has 0 fully saturated rings. The number of carbonyl (C=O) groups excluding carboxylic acids is 1. The van der Waals surface area contributed by atoms with Crippen LogP contribution in [0.1, 0.15) is 38.1 Å². The van der Waals surface area contributed by atoms with Crippen LogP contribution in [0.3, 0.4) is 0 Å². The number of ether oxygens (including phenoxy) is 1. The standard InChI is InChI=1S/C21H25N3O2S/c1-15(26-17-9-7-16(8-10-17)21(2,3)4)20(25)23-19-11-12-22-24(19)14-18-6-5-13-27-18/h5-13,15H,14H2,1-4H3,(H,23,25). The fourth-order valence-corrected chi connectivity index (χ4v) is 3.32. The number of anilines is 1. The normalized spacial score (nSPS) is 12.6. The first-order valence-electron chi connectivity index (χ1n) is 8.95. The van der Waals surface area contributed by atoms with Crippen LogP contribution in [0.5, 0.6) is 5.75 Å². The van der Waals surface area contributed by atoms with Crippen molar-refractivity contribution < 1.29 is 9.53 Å². The summed E-state index contributed by atoms with van der Waals surface area (Å²) in [7, 11) is 0. The largest absolute Gasteiger partial charge is 0.481 e. The lowest BCUT2D eigenvalue weighted by Crippen LogP contribution is -2.31. The molecule has 2 heterocycles. The number of nitrogens with zero attached hydrogens (tertiary/aromatic N) is 2. The van der Waals surface area contributed by atoms with Crippen molar-refractivity contribution in [3.63, 3.8) is 0 Å². The van der Waals surface area contributed by atoms with Crippen molar-refractivity contribution >= 4 is 23.1 Å². The van der Waals surface area contributed by atoms with E-state index in [1.165, 1.54) is 10.4 Å². The maximum Gasteiger partial charge on any atom is 0.266 e. The van der Waals surface area contributed by atoms with E-state index in [4.69, 9.17) is 4.74 Å². The molecule has 2 aromatic heterocycles. The number of aromatic nitrogens is 2. The van der Waals surface area contributed by atoms with E-state index in [9.17, 15) is 4.79 Å². The van der Waals surface area contributed by atoms with Gasteiger partial charge in [0.25, 0.3) is 5.91 Å². The summed E-state index contributed by atoms with van der Waals surface area (Å²) in [6, 6.07) is 13.7. The summed E-state index contributed by atoms with van der Waals surface area (Å²) in [6.07, 6.45) is 1.07. The third-order valence-corrected chi connectivity index (χ3v) is 5.12. The van der Waals surface area contributed by atoms with Crippen molar-refractivity contribution in [2.24, 2.45) is 0 Å². The molecule has 27 heavy (non-hydrogen) atoms. The fourth-order valence-electron chi connectivity index (χ4n) is 2.63. The van der Waals surface area contributed by atoms with E-state index < -0.39 is 6.10 Å². The second-order valence-electron chi connectivity index (χ2n) is 7.48. The zero-order valence-corrected chi connectivity index (χ0v) is 16.9. The first-order chi connectivity index (χ1) is 12.8. The Bertz CT molecular complexity index is 877. The van der Waals surface area contributed by atoms with Gasteiger partial charge in [0.15, 0.2) is 6.10 Å². The molecule has 3 rings (SSSR count). The molecule has 3 aromatic rings. The van der Waals surface area contributed by atoms with Crippen molar-refractivity contribution in [3.8, 4) is 5.75 Å². The van der Waals surface area contributed by atoms with Crippen molar-refractivity contribution in [2.75, 3.05) is 5.32 Å². The van der Waals surface area contributed by atoms with E-state index in [1.807, 2.05) is 41.8 Å². The lowest BCUT2D eigenvalue weighted by molar-refractivity contribution is -0.122. The summed E-state index contributed by atoms with van der Waals surface area (Å²) in [6.45, 7) is 8.87. The van der Waals surface area contributed by atoms with Gasteiger partial charge in [-0.05, 0) is 41.5 Å². The average molecular weight is 384 g/mol. The van der Waals surface area contributed by atoms with Crippen molar-refractivity contribution in [2.45, 2.75) is 45.8 Å². The van der Waals surface area contributed by atoms with E-state index in [-0.39, 0.29) is 11.3 Å². The summed E-state index contributed by atoms with van der Waals surface area (Å²) in [5.41, 5.74) is 1.31. The summed E-state index contributed by atoms with van der Waals surface area (Å²) < 4.78 is 7.57. The SMILES string of the molecule is CC(Oc1ccc(C(C)(C)C)cc1)C(=O)Nc1ccnn1Cc1cccs1. The molecule has 1 N–H and O–H groups in total. The van der Waals surface area contributed by atoms with Crippen LogP contribution in [0.4, 0.5) is 5.82 Å². The van der Waals surface area contributed by atoms with Gasteiger partial charge in [0.05, 0.1) is 12.7 Å². The van der Waals surface area contributed by atoms with Gasteiger partial charge in [-0.1, -0.05) is 39.0 Å². The van der Waals surface area contributed by atoms with Crippen LogP contribution in [-0.2, 0) is 16.8 Å². The molecule has 0 saturated carbocycles. The van der Waals surface area contributed by atoms with Gasteiger partial charge in [-0.3, -0.25) is 4.79 Å². The molecular weight excluding hydrogens is 358 g/mol. The lowest BCUT2D eigenvalue weighted by atomic mass is 9.87. The first kappa shape index (κ1) is 19.2. The number of nitrogens with one attached hydrogen (secondary N) is 1. The van der Waals surface area contributed by atoms with E-state index in [1.54, 1.807) is 35.2 Å². The molecule has 5 nitrogen and oxygen atoms in total. The number of amides is 1. The Balaban J connectivity index is 1.61.